The topological polar surface area (TPSA) is 40.5 Å². The molecule has 1 N–H and O–H groups in total. The predicted molar refractivity (Wildman–Crippen MR) is 53.4 cm³/mol. The Morgan fingerprint density at radius 1 is 1.50 bits per heavy atom. The van der Waals surface area contributed by atoms with Gasteiger partial charge in [0.25, 0.3) is 5.91 Å². The number of hydrogen-bond donors (Lipinski definition) is 1. The molecule has 0 spiro atoms. The van der Waals surface area contributed by atoms with E-state index in [0.29, 0.717) is 6.54 Å². The lowest BCUT2D eigenvalue weighted by Crippen LogP contribution is -2.24. The fraction of sp³-hybridized carbons (Fsp3) is 0.182. The monoisotopic (exact) mass is 189 g/mol. The number of aromatic hydroxyl groups is 1. The number of carbonyl (C=O) groups is 1. The second-order valence-electron chi connectivity index (χ2n) is 2.97. The standard InChI is InChI=1S/C11H11NO2/c1-3-11(14)12(2)8-9-4-6-10(13)7-5-9/h1,4-7,13H,8H2,2H3. The van der Waals surface area contributed by atoms with Gasteiger partial charge in [0.05, 0.1) is 0 Å². The second kappa shape index (κ2) is 4.33. The largest absolute Gasteiger partial charge is 0.508 e. The third-order valence-corrected chi connectivity index (χ3v) is 1.83. The van der Waals surface area contributed by atoms with Crippen molar-refractivity contribution in [2.45, 2.75) is 6.54 Å². The minimum Gasteiger partial charge on any atom is -0.508 e. The highest BCUT2D eigenvalue weighted by Gasteiger charge is 2.04. The molecule has 14 heavy (non-hydrogen) atoms. The molecule has 0 unspecified atom stereocenters. The summed E-state index contributed by atoms with van der Waals surface area (Å²) in [5.74, 6) is 1.89. The van der Waals surface area contributed by atoms with Crippen LogP contribution in [0.3, 0.4) is 0 Å². The van der Waals surface area contributed by atoms with Crippen molar-refractivity contribution in [3.05, 3.63) is 29.8 Å². The summed E-state index contributed by atoms with van der Waals surface area (Å²) in [5.41, 5.74) is 0.925. The smallest absolute Gasteiger partial charge is 0.298 e. The van der Waals surface area contributed by atoms with Crippen LogP contribution in [0.5, 0.6) is 5.75 Å². The van der Waals surface area contributed by atoms with Gasteiger partial charge in [-0.05, 0) is 23.6 Å². The lowest BCUT2D eigenvalue weighted by Gasteiger charge is -2.13. The predicted octanol–water partition coefficient (Wildman–Crippen LogP) is 0.984. The molecular formula is C11H11NO2. The van der Waals surface area contributed by atoms with Gasteiger partial charge in [0.1, 0.15) is 5.75 Å². The van der Waals surface area contributed by atoms with Crippen molar-refractivity contribution >= 4 is 5.91 Å². The highest BCUT2D eigenvalue weighted by Crippen LogP contribution is 2.10. The first-order chi connectivity index (χ1) is 6.63. The summed E-state index contributed by atoms with van der Waals surface area (Å²) in [6.07, 6.45) is 4.97. The van der Waals surface area contributed by atoms with Crippen LogP contribution < -0.4 is 0 Å². The van der Waals surface area contributed by atoms with Crippen LogP contribution in [-0.2, 0) is 11.3 Å². The normalized spacial score (nSPS) is 9.14. The van der Waals surface area contributed by atoms with E-state index < -0.39 is 0 Å². The molecule has 0 radical (unpaired) electrons. The zero-order valence-corrected chi connectivity index (χ0v) is 7.90. The quantitative estimate of drug-likeness (QED) is 0.704. The van der Waals surface area contributed by atoms with Crippen LogP contribution in [-0.4, -0.2) is 23.0 Å². The molecular weight excluding hydrogens is 178 g/mol. The van der Waals surface area contributed by atoms with Crippen molar-refractivity contribution in [1.82, 2.24) is 4.90 Å². The molecule has 0 aliphatic rings. The van der Waals surface area contributed by atoms with Crippen LogP contribution in [0.2, 0.25) is 0 Å². The summed E-state index contributed by atoms with van der Waals surface area (Å²) in [6, 6.07) is 6.64. The Morgan fingerprint density at radius 3 is 2.57 bits per heavy atom. The minimum atomic E-state index is -0.349. The van der Waals surface area contributed by atoms with Crippen LogP contribution in [0.4, 0.5) is 0 Å². The van der Waals surface area contributed by atoms with Gasteiger partial charge in [-0.25, -0.2) is 0 Å². The maximum atomic E-state index is 11.0. The zero-order valence-electron chi connectivity index (χ0n) is 7.90. The van der Waals surface area contributed by atoms with Gasteiger partial charge in [0.2, 0.25) is 0 Å². The molecule has 3 heteroatoms. The number of hydrogen-bond acceptors (Lipinski definition) is 2. The van der Waals surface area contributed by atoms with Crippen molar-refractivity contribution in [3.8, 4) is 18.1 Å². The summed E-state index contributed by atoms with van der Waals surface area (Å²) in [7, 11) is 1.63. The highest BCUT2D eigenvalue weighted by atomic mass is 16.3. The van der Waals surface area contributed by atoms with Gasteiger partial charge in [0, 0.05) is 13.6 Å². The van der Waals surface area contributed by atoms with Gasteiger partial charge in [-0.15, -0.1) is 6.42 Å². The SMILES string of the molecule is C#CC(=O)N(C)Cc1ccc(O)cc1. The molecule has 0 aromatic heterocycles. The second-order valence-corrected chi connectivity index (χ2v) is 2.97. The fourth-order valence-electron chi connectivity index (χ4n) is 1.06. The fourth-order valence-corrected chi connectivity index (χ4v) is 1.06. The molecule has 0 bridgehead atoms. The van der Waals surface area contributed by atoms with Crippen molar-refractivity contribution in [2.75, 3.05) is 7.05 Å². The Balaban J connectivity index is 2.66. The van der Waals surface area contributed by atoms with E-state index in [1.807, 2.05) is 5.92 Å². The molecule has 72 valence electrons. The number of terminal acetylenes is 1. The van der Waals surface area contributed by atoms with E-state index in [0.717, 1.165) is 5.56 Å². The molecule has 1 aromatic carbocycles. The molecule has 1 rings (SSSR count). The van der Waals surface area contributed by atoms with E-state index in [1.54, 1.807) is 31.3 Å². The Kier molecular flexibility index (Phi) is 3.14. The summed E-state index contributed by atoms with van der Waals surface area (Å²) >= 11 is 0. The highest BCUT2D eigenvalue weighted by molar-refractivity contribution is 5.92. The van der Waals surface area contributed by atoms with E-state index in [1.165, 1.54) is 4.90 Å². The molecule has 0 heterocycles. The Hall–Kier alpha value is -1.95. The molecule has 1 aromatic rings. The van der Waals surface area contributed by atoms with Crippen LogP contribution in [0.25, 0.3) is 0 Å². The number of nitrogens with zero attached hydrogens (tertiary/aromatic N) is 1. The zero-order chi connectivity index (χ0) is 10.6. The van der Waals surface area contributed by atoms with Gasteiger partial charge in [-0.2, -0.15) is 0 Å². The van der Waals surface area contributed by atoms with Crippen molar-refractivity contribution in [3.63, 3.8) is 0 Å². The molecule has 0 saturated heterocycles. The summed E-state index contributed by atoms with van der Waals surface area (Å²) in [6.45, 7) is 0.448. The van der Waals surface area contributed by atoms with Crippen molar-refractivity contribution in [2.24, 2.45) is 0 Å². The Labute approximate surface area is 83.0 Å². The first-order valence-corrected chi connectivity index (χ1v) is 4.13. The number of phenolic OH excluding ortho intramolecular Hbond substituents is 1. The van der Waals surface area contributed by atoms with Crippen LogP contribution in [0, 0.1) is 12.3 Å². The van der Waals surface area contributed by atoms with Crippen LogP contribution in [0.15, 0.2) is 24.3 Å². The van der Waals surface area contributed by atoms with Gasteiger partial charge < -0.3 is 10.0 Å². The lowest BCUT2D eigenvalue weighted by atomic mass is 10.2. The van der Waals surface area contributed by atoms with Gasteiger partial charge in [0.15, 0.2) is 0 Å². The molecule has 0 aliphatic heterocycles. The first kappa shape index (κ1) is 10.1. The molecule has 0 aliphatic carbocycles. The Bertz CT molecular complexity index is 362. The van der Waals surface area contributed by atoms with Gasteiger partial charge in [-0.3, -0.25) is 4.79 Å². The molecule has 0 atom stereocenters. The van der Waals surface area contributed by atoms with Crippen molar-refractivity contribution < 1.29 is 9.90 Å². The van der Waals surface area contributed by atoms with E-state index in [9.17, 15) is 4.79 Å². The number of benzene rings is 1. The third-order valence-electron chi connectivity index (χ3n) is 1.83. The van der Waals surface area contributed by atoms with Gasteiger partial charge in [-0.1, -0.05) is 12.1 Å². The van der Waals surface area contributed by atoms with Crippen molar-refractivity contribution in [1.29, 1.82) is 0 Å². The third kappa shape index (κ3) is 2.53. The summed E-state index contributed by atoms with van der Waals surface area (Å²) in [5, 5.41) is 9.03. The van der Waals surface area contributed by atoms with E-state index in [4.69, 9.17) is 11.5 Å². The number of carbonyl (C=O) groups excluding carboxylic acids is 1. The van der Waals surface area contributed by atoms with E-state index in [-0.39, 0.29) is 11.7 Å². The van der Waals surface area contributed by atoms with Crippen LogP contribution >= 0.6 is 0 Å². The summed E-state index contributed by atoms with van der Waals surface area (Å²) in [4.78, 5) is 12.5. The minimum absolute atomic E-state index is 0.208. The van der Waals surface area contributed by atoms with Crippen LogP contribution in [0.1, 0.15) is 5.56 Å². The Morgan fingerprint density at radius 2 is 2.07 bits per heavy atom. The number of phenols is 1. The number of amides is 1. The summed E-state index contributed by atoms with van der Waals surface area (Å²) < 4.78 is 0. The average molecular weight is 189 g/mol. The maximum Gasteiger partial charge on any atom is 0.298 e. The maximum absolute atomic E-state index is 11.0. The molecule has 0 saturated carbocycles. The van der Waals surface area contributed by atoms with Gasteiger partial charge >= 0.3 is 0 Å². The molecule has 0 fully saturated rings. The first-order valence-electron chi connectivity index (χ1n) is 4.13. The molecule has 1 amide bonds. The number of rotatable bonds is 2. The van der Waals surface area contributed by atoms with E-state index >= 15 is 0 Å². The average Bonchev–Trinajstić information content (AvgIpc) is 2.20. The lowest BCUT2D eigenvalue weighted by molar-refractivity contribution is -0.124. The molecule has 3 nitrogen and oxygen atoms in total. The van der Waals surface area contributed by atoms with E-state index in [2.05, 4.69) is 0 Å².